The summed E-state index contributed by atoms with van der Waals surface area (Å²) in [6.07, 6.45) is -7.12. The molecule has 0 saturated carbocycles. The van der Waals surface area contributed by atoms with Gasteiger partial charge in [-0.25, -0.2) is 0 Å². The summed E-state index contributed by atoms with van der Waals surface area (Å²) in [5.41, 5.74) is 0.164. The predicted octanol–water partition coefficient (Wildman–Crippen LogP) is 10.0. The van der Waals surface area contributed by atoms with Gasteiger partial charge in [-0.15, -0.1) is 0 Å². The van der Waals surface area contributed by atoms with Gasteiger partial charge in [-0.2, -0.15) is 26.3 Å². The number of amides is 2. The van der Waals surface area contributed by atoms with Crippen molar-refractivity contribution in [2.24, 2.45) is 0 Å². The maximum atomic E-state index is 13.2. The lowest BCUT2D eigenvalue weighted by molar-refractivity contribution is -0.138. The van der Waals surface area contributed by atoms with Crippen molar-refractivity contribution in [3.05, 3.63) is 143 Å². The third kappa shape index (κ3) is 12.9. The summed E-state index contributed by atoms with van der Waals surface area (Å²) in [5, 5.41) is 24.3. The van der Waals surface area contributed by atoms with E-state index in [0.29, 0.717) is 84.2 Å². The van der Waals surface area contributed by atoms with E-state index in [-0.39, 0.29) is 42.0 Å². The Morgan fingerprint density at radius 2 is 1.06 bits per heavy atom. The van der Waals surface area contributed by atoms with Gasteiger partial charge >= 0.3 is 12.4 Å². The highest BCUT2D eigenvalue weighted by Gasteiger charge is 2.31. The van der Waals surface area contributed by atoms with Crippen molar-refractivity contribution in [3.63, 3.8) is 0 Å². The Bertz CT molecular complexity index is 2490. The summed E-state index contributed by atoms with van der Waals surface area (Å²) in [4.78, 5) is 26.4. The number of fused-ring (bicyclic) bond motifs is 2. The molecule has 0 radical (unpaired) electrons. The van der Waals surface area contributed by atoms with Crippen LogP contribution in [0.3, 0.4) is 0 Å². The lowest BCUT2D eigenvalue weighted by atomic mass is 10.0. The zero-order valence-corrected chi connectivity index (χ0v) is 34.6. The molecule has 2 amide bonds. The maximum absolute atomic E-state index is 13.2. The van der Waals surface area contributed by atoms with Gasteiger partial charge < -0.3 is 35.8 Å². The van der Waals surface area contributed by atoms with Crippen LogP contribution in [0.25, 0.3) is 21.5 Å². The SMILES string of the molecule is C[C@H](CCNCCO)NC(=O)c1ccc2c(Oc3ccc(C(F)(F)F)cc3)cc(CCNCC[C@@H](C)NC(=O)c3ccc4c(Oc5ccc(C(F)(F)F)cc5)cccc4c3)cc2c1. The van der Waals surface area contributed by atoms with E-state index in [1.807, 2.05) is 32.0 Å². The Kier molecular flexibility index (Phi) is 15.3. The monoisotopic (exact) mass is 874 g/mol. The molecule has 0 aromatic heterocycles. The van der Waals surface area contributed by atoms with Gasteiger partial charge in [0.1, 0.15) is 23.0 Å². The van der Waals surface area contributed by atoms with E-state index in [0.717, 1.165) is 35.2 Å². The predicted molar refractivity (Wildman–Crippen MR) is 231 cm³/mol. The smallest absolute Gasteiger partial charge is 0.416 e. The van der Waals surface area contributed by atoms with E-state index < -0.39 is 23.5 Å². The van der Waals surface area contributed by atoms with Crippen molar-refractivity contribution in [2.75, 3.05) is 32.8 Å². The first-order valence-electron chi connectivity index (χ1n) is 20.5. The van der Waals surface area contributed by atoms with Crippen LogP contribution in [-0.2, 0) is 18.8 Å². The number of nitrogens with one attached hydrogen (secondary N) is 4. The summed E-state index contributed by atoms with van der Waals surface area (Å²) in [6.45, 7) is 6.03. The minimum absolute atomic E-state index is 0.0256. The number of ether oxygens (including phenoxy) is 2. The highest BCUT2D eigenvalue weighted by molar-refractivity contribution is 6.01. The fourth-order valence-electron chi connectivity index (χ4n) is 6.88. The topological polar surface area (TPSA) is 121 Å². The second kappa shape index (κ2) is 20.8. The van der Waals surface area contributed by atoms with Crippen LogP contribution in [0.5, 0.6) is 23.0 Å². The largest absolute Gasteiger partial charge is 0.457 e. The molecule has 0 heterocycles. The van der Waals surface area contributed by atoms with Crippen LogP contribution >= 0.6 is 0 Å². The van der Waals surface area contributed by atoms with Crippen LogP contribution in [0.1, 0.15) is 64.1 Å². The zero-order chi connectivity index (χ0) is 45.1. The third-order valence-corrected chi connectivity index (χ3v) is 10.3. The van der Waals surface area contributed by atoms with Crippen molar-refractivity contribution in [3.8, 4) is 23.0 Å². The van der Waals surface area contributed by atoms with Gasteiger partial charge in [0.2, 0.25) is 0 Å². The number of benzene rings is 6. The van der Waals surface area contributed by atoms with Crippen LogP contribution in [0.15, 0.2) is 115 Å². The van der Waals surface area contributed by atoms with Gasteiger partial charge in [0, 0.05) is 40.5 Å². The molecule has 6 aromatic rings. The average molecular weight is 875 g/mol. The van der Waals surface area contributed by atoms with Gasteiger partial charge in [-0.1, -0.05) is 18.2 Å². The number of hydrogen-bond acceptors (Lipinski definition) is 7. The molecule has 63 heavy (non-hydrogen) atoms. The minimum Gasteiger partial charge on any atom is -0.457 e. The molecule has 2 atom stereocenters. The Morgan fingerprint density at radius 1 is 0.571 bits per heavy atom. The first-order chi connectivity index (χ1) is 30.1. The van der Waals surface area contributed by atoms with Gasteiger partial charge in [0.25, 0.3) is 11.8 Å². The molecule has 0 spiro atoms. The highest BCUT2D eigenvalue weighted by Crippen LogP contribution is 2.36. The summed E-state index contributed by atoms with van der Waals surface area (Å²) in [5.74, 6) is 0.791. The molecular formula is C48H48F6N4O5. The average Bonchev–Trinajstić information content (AvgIpc) is 3.24. The number of rotatable bonds is 19. The van der Waals surface area contributed by atoms with Gasteiger partial charge in [0.05, 0.1) is 17.7 Å². The molecule has 15 heteroatoms. The maximum Gasteiger partial charge on any atom is 0.416 e. The molecule has 0 aliphatic carbocycles. The van der Waals surface area contributed by atoms with Crippen molar-refractivity contribution >= 4 is 33.4 Å². The fraction of sp³-hybridized carbons (Fsp3) is 0.292. The molecule has 9 nitrogen and oxygen atoms in total. The second-order valence-electron chi connectivity index (χ2n) is 15.3. The molecule has 0 unspecified atom stereocenters. The van der Waals surface area contributed by atoms with E-state index in [9.17, 15) is 35.9 Å². The summed E-state index contributed by atoms with van der Waals surface area (Å²) >= 11 is 0. The zero-order valence-electron chi connectivity index (χ0n) is 34.6. The fourth-order valence-corrected chi connectivity index (χ4v) is 6.88. The van der Waals surface area contributed by atoms with Crippen LogP contribution in [0.4, 0.5) is 26.3 Å². The molecule has 332 valence electrons. The quantitative estimate of drug-likeness (QED) is 0.0406. The Labute approximate surface area is 360 Å². The number of aliphatic hydroxyl groups is 1. The highest BCUT2D eigenvalue weighted by atomic mass is 19.4. The molecule has 6 aromatic carbocycles. The van der Waals surface area contributed by atoms with Gasteiger partial charge in [-0.05, 0) is 166 Å². The molecular weight excluding hydrogens is 827 g/mol. The van der Waals surface area contributed by atoms with Crippen LogP contribution in [0.2, 0.25) is 0 Å². The van der Waals surface area contributed by atoms with Crippen LogP contribution in [0, 0.1) is 0 Å². The summed E-state index contributed by atoms with van der Waals surface area (Å²) < 4.78 is 90.7. The van der Waals surface area contributed by atoms with Crippen molar-refractivity contribution in [2.45, 2.75) is 57.5 Å². The molecule has 0 saturated heterocycles. The number of hydrogen-bond donors (Lipinski definition) is 5. The summed E-state index contributed by atoms with van der Waals surface area (Å²) in [6, 6.07) is 27.9. The van der Waals surface area contributed by atoms with Crippen LogP contribution < -0.4 is 30.7 Å². The number of carbonyl (C=O) groups is 2. The van der Waals surface area contributed by atoms with Crippen LogP contribution in [-0.4, -0.2) is 61.8 Å². The number of halogens is 6. The number of carbonyl (C=O) groups excluding carboxylic acids is 2. The molecule has 0 aliphatic heterocycles. The lowest BCUT2D eigenvalue weighted by Crippen LogP contribution is -2.35. The van der Waals surface area contributed by atoms with E-state index in [1.165, 1.54) is 24.3 Å². The van der Waals surface area contributed by atoms with Crippen molar-refractivity contribution in [1.82, 2.24) is 21.3 Å². The summed E-state index contributed by atoms with van der Waals surface area (Å²) in [7, 11) is 0. The van der Waals surface area contributed by atoms with Gasteiger partial charge in [-0.3, -0.25) is 9.59 Å². The lowest BCUT2D eigenvalue weighted by Gasteiger charge is -2.16. The molecule has 6 rings (SSSR count). The van der Waals surface area contributed by atoms with E-state index in [2.05, 4.69) is 21.3 Å². The van der Waals surface area contributed by atoms with E-state index >= 15 is 0 Å². The molecule has 0 aliphatic rings. The number of alkyl halides is 6. The Balaban J connectivity index is 1.06. The Hall–Kier alpha value is -6.16. The molecule has 0 bridgehead atoms. The normalized spacial score (nSPS) is 12.8. The first kappa shape index (κ1) is 46.3. The van der Waals surface area contributed by atoms with Gasteiger partial charge in [0.15, 0.2) is 0 Å². The Morgan fingerprint density at radius 3 is 1.59 bits per heavy atom. The second-order valence-corrected chi connectivity index (χ2v) is 15.3. The third-order valence-electron chi connectivity index (χ3n) is 10.3. The molecule has 0 fully saturated rings. The van der Waals surface area contributed by atoms with Crippen molar-refractivity contribution < 1.29 is 50.5 Å². The van der Waals surface area contributed by atoms with E-state index in [4.69, 9.17) is 14.6 Å². The number of aliphatic hydroxyl groups excluding tert-OH is 1. The first-order valence-corrected chi connectivity index (χ1v) is 20.5. The standard InChI is InChI=1S/C48H48F6N4O5/c1-30(57-45(60)34-6-16-41-33(28-34)4-3-5-43(41)62-39-12-8-37(9-13-39)47(49,50)51)18-21-55-23-20-32-26-36-29-35(46(61)58-31(2)19-22-56-24-25-59)7-17-42(36)44(27-32)63-40-14-10-38(11-15-40)48(52,53)54/h3-17,26-31,55-56,59H,18-25H2,1-2H3,(H,57,60)(H,58,61)/t30-,31-/m1/s1. The molecule has 5 N–H and O–H groups in total. The van der Waals surface area contributed by atoms with Crippen molar-refractivity contribution in [1.29, 1.82) is 0 Å². The minimum atomic E-state index is -4.49. The van der Waals surface area contributed by atoms with E-state index in [1.54, 1.807) is 48.5 Å².